The Morgan fingerprint density at radius 1 is 1.16 bits per heavy atom. The number of hydrogen-bond acceptors (Lipinski definition) is 4. The van der Waals surface area contributed by atoms with Crippen molar-refractivity contribution in [3.63, 3.8) is 0 Å². The van der Waals surface area contributed by atoms with Gasteiger partial charge in [-0.2, -0.15) is 0 Å². The highest BCUT2D eigenvalue weighted by atomic mass is 32.1. The normalized spacial score (nSPS) is 13.6. The summed E-state index contributed by atoms with van der Waals surface area (Å²) in [6.45, 7) is 0.0515. The van der Waals surface area contributed by atoms with Gasteiger partial charge in [0, 0.05) is 23.2 Å². The zero-order chi connectivity index (χ0) is 17.2. The lowest BCUT2D eigenvalue weighted by atomic mass is 10.1. The third-order valence-corrected chi connectivity index (χ3v) is 4.93. The number of hydrogen-bond donors (Lipinski definition) is 1. The second-order valence-electron chi connectivity index (χ2n) is 6.11. The van der Waals surface area contributed by atoms with Gasteiger partial charge in [-0.1, -0.05) is 30.3 Å². The number of carbonyl (C=O) groups excluding carboxylic acids is 2. The Kier molecular flexibility index (Phi) is 4.19. The molecule has 0 spiro atoms. The van der Waals surface area contributed by atoms with Crippen LogP contribution in [-0.2, 0) is 4.79 Å². The van der Waals surface area contributed by atoms with Gasteiger partial charge < -0.3 is 10.2 Å². The van der Waals surface area contributed by atoms with Crippen LogP contribution >= 0.6 is 11.3 Å². The van der Waals surface area contributed by atoms with Crippen LogP contribution in [0.3, 0.4) is 0 Å². The van der Waals surface area contributed by atoms with E-state index in [0.717, 1.165) is 23.6 Å². The van der Waals surface area contributed by atoms with Gasteiger partial charge in [-0.3, -0.25) is 9.59 Å². The Bertz CT molecular complexity index is 919. The fourth-order valence-corrected chi connectivity index (χ4v) is 3.38. The summed E-state index contributed by atoms with van der Waals surface area (Å²) in [6, 6.07) is 13.8. The molecule has 0 atom stereocenters. The predicted octanol–water partition coefficient (Wildman–Crippen LogP) is 3.54. The lowest BCUT2D eigenvalue weighted by Gasteiger charge is -2.22. The summed E-state index contributed by atoms with van der Waals surface area (Å²) >= 11 is 1.36. The average Bonchev–Trinajstić information content (AvgIpc) is 3.35. The zero-order valence-electron chi connectivity index (χ0n) is 13.5. The smallest absolute Gasteiger partial charge is 0.254 e. The molecule has 2 amide bonds. The molecule has 0 aliphatic heterocycles. The minimum atomic E-state index is -0.212. The van der Waals surface area contributed by atoms with Crippen molar-refractivity contribution in [3.05, 3.63) is 59.6 Å². The van der Waals surface area contributed by atoms with E-state index in [0.29, 0.717) is 10.7 Å². The first kappa shape index (κ1) is 15.8. The van der Waals surface area contributed by atoms with E-state index in [1.807, 2.05) is 42.5 Å². The van der Waals surface area contributed by atoms with E-state index in [9.17, 15) is 9.59 Å². The number of rotatable bonds is 5. The molecule has 2 aromatic carbocycles. The second kappa shape index (κ2) is 6.64. The second-order valence-corrected chi connectivity index (χ2v) is 7.01. The van der Waals surface area contributed by atoms with Crippen LogP contribution in [0, 0.1) is 0 Å². The maximum Gasteiger partial charge on any atom is 0.254 e. The summed E-state index contributed by atoms with van der Waals surface area (Å²) < 4.78 is 0. The van der Waals surface area contributed by atoms with E-state index in [-0.39, 0.29) is 24.4 Å². The lowest BCUT2D eigenvalue weighted by Crippen LogP contribution is -2.39. The van der Waals surface area contributed by atoms with E-state index in [4.69, 9.17) is 0 Å². The van der Waals surface area contributed by atoms with Gasteiger partial charge in [0.1, 0.15) is 6.54 Å². The Balaban J connectivity index is 1.53. The van der Waals surface area contributed by atoms with E-state index in [2.05, 4.69) is 10.3 Å². The van der Waals surface area contributed by atoms with E-state index < -0.39 is 0 Å². The molecule has 1 fully saturated rings. The summed E-state index contributed by atoms with van der Waals surface area (Å²) in [5.74, 6) is -0.307. The van der Waals surface area contributed by atoms with Gasteiger partial charge in [-0.25, -0.2) is 4.98 Å². The molecule has 4 rings (SSSR count). The van der Waals surface area contributed by atoms with Gasteiger partial charge in [0.25, 0.3) is 5.91 Å². The molecule has 0 unspecified atom stereocenters. The molecule has 1 aliphatic rings. The molecule has 0 radical (unpaired) electrons. The molecule has 0 saturated heterocycles. The first-order valence-corrected chi connectivity index (χ1v) is 9.08. The standard InChI is InChI=1S/C19H17N3O2S/c23-17(21-19-20-9-10-25-19)12-22(16-7-8-16)18(24)15-6-5-13-3-1-2-4-14(13)11-15/h1-6,9-11,16H,7-8,12H2,(H,20,21,23). The van der Waals surface area contributed by atoms with Crippen LogP contribution in [0.15, 0.2) is 54.0 Å². The monoisotopic (exact) mass is 351 g/mol. The number of benzene rings is 2. The number of aromatic nitrogens is 1. The van der Waals surface area contributed by atoms with Gasteiger partial charge in [-0.05, 0) is 35.7 Å². The Labute approximate surface area is 149 Å². The van der Waals surface area contributed by atoms with E-state index in [1.54, 1.807) is 16.5 Å². The number of amides is 2. The van der Waals surface area contributed by atoms with Crippen LogP contribution in [0.2, 0.25) is 0 Å². The minimum Gasteiger partial charge on any atom is -0.326 e. The number of thiazole rings is 1. The van der Waals surface area contributed by atoms with Crippen molar-refractivity contribution >= 4 is 39.1 Å². The first-order valence-electron chi connectivity index (χ1n) is 8.20. The molecule has 126 valence electrons. The molecule has 6 heteroatoms. The molecule has 3 aromatic rings. The number of nitrogens with zero attached hydrogens (tertiary/aromatic N) is 2. The Morgan fingerprint density at radius 2 is 1.96 bits per heavy atom. The van der Waals surface area contributed by atoms with Crippen molar-refractivity contribution in [1.29, 1.82) is 0 Å². The largest absolute Gasteiger partial charge is 0.326 e. The highest BCUT2D eigenvalue weighted by Crippen LogP contribution is 2.29. The van der Waals surface area contributed by atoms with Crippen molar-refractivity contribution in [2.75, 3.05) is 11.9 Å². The molecular formula is C19H17N3O2S. The van der Waals surface area contributed by atoms with Crippen molar-refractivity contribution in [3.8, 4) is 0 Å². The lowest BCUT2D eigenvalue weighted by molar-refractivity contribution is -0.117. The molecule has 1 aliphatic carbocycles. The molecular weight excluding hydrogens is 334 g/mol. The zero-order valence-corrected chi connectivity index (χ0v) is 14.3. The number of anilines is 1. The van der Waals surface area contributed by atoms with Gasteiger partial charge in [0.15, 0.2) is 5.13 Å². The molecule has 5 nitrogen and oxygen atoms in total. The summed E-state index contributed by atoms with van der Waals surface area (Å²) in [5.41, 5.74) is 0.618. The summed E-state index contributed by atoms with van der Waals surface area (Å²) in [4.78, 5) is 30.9. The van der Waals surface area contributed by atoms with Crippen LogP contribution in [0.25, 0.3) is 10.8 Å². The van der Waals surface area contributed by atoms with Crippen LogP contribution < -0.4 is 5.32 Å². The van der Waals surface area contributed by atoms with Crippen LogP contribution in [0.4, 0.5) is 5.13 Å². The maximum absolute atomic E-state index is 12.9. The molecule has 1 aromatic heterocycles. The maximum atomic E-state index is 12.9. The van der Waals surface area contributed by atoms with Crippen molar-refractivity contribution in [2.24, 2.45) is 0 Å². The fourth-order valence-electron chi connectivity index (χ4n) is 2.84. The molecule has 1 heterocycles. The first-order chi connectivity index (χ1) is 12.2. The number of fused-ring (bicyclic) bond motifs is 1. The van der Waals surface area contributed by atoms with Gasteiger partial charge >= 0.3 is 0 Å². The minimum absolute atomic E-state index is 0.0515. The highest BCUT2D eigenvalue weighted by molar-refractivity contribution is 7.13. The SMILES string of the molecule is O=C(CN(C(=O)c1ccc2ccccc2c1)C1CC1)Nc1nccs1. The van der Waals surface area contributed by atoms with Crippen molar-refractivity contribution in [2.45, 2.75) is 18.9 Å². The molecule has 25 heavy (non-hydrogen) atoms. The summed E-state index contributed by atoms with van der Waals surface area (Å²) in [7, 11) is 0. The van der Waals surface area contributed by atoms with Crippen LogP contribution in [-0.4, -0.2) is 34.3 Å². The molecule has 1 saturated carbocycles. The molecule has 0 bridgehead atoms. The quantitative estimate of drug-likeness (QED) is 0.765. The average molecular weight is 351 g/mol. The fraction of sp³-hybridized carbons (Fsp3) is 0.211. The van der Waals surface area contributed by atoms with Crippen LogP contribution in [0.5, 0.6) is 0 Å². The third kappa shape index (κ3) is 3.53. The number of carbonyl (C=O) groups is 2. The number of nitrogens with one attached hydrogen (secondary N) is 1. The topological polar surface area (TPSA) is 62.3 Å². The third-order valence-electron chi connectivity index (χ3n) is 4.24. The van der Waals surface area contributed by atoms with Gasteiger partial charge in [0.2, 0.25) is 5.91 Å². The predicted molar refractivity (Wildman–Crippen MR) is 98.8 cm³/mol. The summed E-state index contributed by atoms with van der Waals surface area (Å²) in [5, 5.41) is 7.22. The van der Waals surface area contributed by atoms with E-state index >= 15 is 0 Å². The van der Waals surface area contributed by atoms with E-state index in [1.165, 1.54) is 11.3 Å². The Hall–Kier alpha value is -2.73. The highest BCUT2D eigenvalue weighted by Gasteiger charge is 2.34. The molecule has 1 N–H and O–H groups in total. The van der Waals surface area contributed by atoms with Crippen molar-refractivity contribution in [1.82, 2.24) is 9.88 Å². The van der Waals surface area contributed by atoms with Gasteiger partial charge in [0.05, 0.1) is 0 Å². The van der Waals surface area contributed by atoms with Crippen LogP contribution in [0.1, 0.15) is 23.2 Å². The van der Waals surface area contributed by atoms with Gasteiger partial charge in [-0.15, -0.1) is 11.3 Å². The van der Waals surface area contributed by atoms with Crippen molar-refractivity contribution < 1.29 is 9.59 Å². The Morgan fingerprint density at radius 3 is 2.68 bits per heavy atom. The summed E-state index contributed by atoms with van der Waals surface area (Å²) in [6.07, 6.45) is 3.53.